The molecule has 2 saturated heterocycles. The molecule has 1 saturated carbocycles. The van der Waals surface area contributed by atoms with Crippen LogP contribution in [0.4, 0.5) is 17.3 Å². The molecule has 3 heterocycles. The number of ether oxygens (including phenoxy) is 1. The van der Waals surface area contributed by atoms with Crippen LogP contribution in [0.25, 0.3) is 10.9 Å². The van der Waals surface area contributed by atoms with Gasteiger partial charge in [0, 0.05) is 54.7 Å². The van der Waals surface area contributed by atoms with Crippen molar-refractivity contribution < 1.29 is 9.84 Å². The van der Waals surface area contributed by atoms with Crippen LogP contribution in [0.1, 0.15) is 62.8 Å². The number of nitrogens with one attached hydrogen (secondary N) is 1. The predicted molar refractivity (Wildman–Crippen MR) is 154 cm³/mol. The average molecular weight is 516 g/mol. The quantitative estimate of drug-likeness (QED) is 0.377. The highest BCUT2D eigenvalue weighted by Gasteiger charge is 2.24. The normalized spacial score (nSPS) is 19.8. The smallest absolute Gasteiger partial charge is 0.227 e. The number of aromatic hydroxyl groups is 1. The monoisotopic (exact) mass is 515 g/mol. The number of hydrogen-bond acceptors (Lipinski definition) is 7. The Kier molecular flexibility index (Phi) is 7.93. The number of benzene rings is 2. The molecular weight excluding hydrogens is 474 g/mol. The third kappa shape index (κ3) is 5.89. The molecule has 0 atom stereocenters. The first-order chi connectivity index (χ1) is 18.7. The lowest BCUT2D eigenvalue weighted by molar-refractivity contribution is 0.0365. The van der Waals surface area contributed by atoms with Crippen LogP contribution in [-0.2, 0) is 4.74 Å². The van der Waals surface area contributed by atoms with E-state index in [0.29, 0.717) is 17.6 Å². The van der Waals surface area contributed by atoms with Crippen LogP contribution in [0.5, 0.6) is 5.75 Å². The van der Waals surface area contributed by atoms with Crippen LogP contribution >= 0.6 is 0 Å². The Morgan fingerprint density at radius 2 is 1.68 bits per heavy atom. The van der Waals surface area contributed by atoms with Crippen molar-refractivity contribution >= 4 is 28.2 Å². The summed E-state index contributed by atoms with van der Waals surface area (Å²) in [5.74, 6) is 2.17. The summed E-state index contributed by atoms with van der Waals surface area (Å²) in [6.07, 6.45) is 11.8. The third-order valence-corrected chi connectivity index (χ3v) is 8.83. The Morgan fingerprint density at radius 1 is 0.921 bits per heavy atom. The fraction of sp³-hybridized carbons (Fsp3) is 0.548. The number of anilines is 3. The number of phenols is 1. The van der Waals surface area contributed by atoms with Crippen LogP contribution in [0.3, 0.4) is 0 Å². The van der Waals surface area contributed by atoms with E-state index in [9.17, 15) is 5.11 Å². The van der Waals surface area contributed by atoms with Gasteiger partial charge in [-0.15, -0.1) is 0 Å². The van der Waals surface area contributed by atoms with Gasteiger partial charge in [-0.25, -0.2) is 9.97 Å². The standard InChI is InChI=1S/C31H41N5O2/c37-28-12-7-25-22-32-31(34-30(25)29(28)24-5-1-2-6-24)33-26-8-10-27(11-9-26)36-16-13-23(14-17-36)4-3-15-35-18-20-38-21-19-35/h7-12,22-24,37H,1-6,13-21H2,(H,32,33,34). The fourth-order valence-electron chi connectivity index (χ4n) is 6.58. The highest BCUT2D eigenvalue weighted by molar-refractivity contribution is 5.85. The summed E-state index contributed by atoms with van der Waals surface area (Å²) >= 11 is 0. The molecule has 38 heavy (non-hydrogen) atoms. The largest absolute Gasteiger partial charge is 0.508 e. The van der Waals surface area contributed by atoms with Gasteiger partial charge in [0.05, 0.1) is 18.7 Å². The number of aromatic nitrogens is 2. The number of piperidine rings is 1. The first kappa shape index (κ1) is 25.4. The molecule has 0 unspecified atom stereocenters. The van der Waals surface area contributed by atoms with Gasteiger partial charge in [-0.05, 0) is 93.3 Å². The third-order valence-electron chi connectivity index (χ3n) is 8.83. The van der Waals surface area contributed by atoms with Crippen molar-refractivity contribution in [2.45, 2.75) is 57.3 Å². The van der Waals surface area contributed by atoms with E-state index in [2.05, 4.69) is 44.4 Å². The van der Waals surface area contributed by atoms with Crippen molar-refractivity contribution in [1.29, 1.82) is 0 Å². The SMILES string of the molecule is Oc1ccc2cnc(Nc3ccc(N4CCC(CCCN5CCOCC5)CC4)cc3)nc2c1C1CCCC1. The molecule has 1 aliphatic carbocycles. The molecule has 7 heteroatoms. The minimum Gasteiger partial charge on any atom is -0.508 e. The van der Waals surface area contributed by atoms with E-state index in [1.165, 1.54) is 50.8 Å². The Hall–Kier alpha value is -2.90. The minimum absolute atomic E-state index is 0.360. The molecule has 202 valence electrons. The zero-order chi connectivity index (χ0) is 25.7. The van der Waals surface area contributed by atoms with Crippen molar-refractivity contribution in [2.75, 3.05) is 56.2 Å². The van der Waals surface area contributed by atoms with E-state index >= 15 is 0 Å². The Balaban J connectivity index is 1.04. The van der Waals surface area contributed by atoms with Crippen LogP contribution in [0.2, 0.25) is 0 Å². The van der Waals surface area contributed by atoms with Gasteiger partial charge >= 0.3 is 0 Å². The number of phenolic OH excluding ortho intramolecular Hbond substituents is 1. The lowest BCUT2D eigenvalue weighted by atomic mass is 9.92. The second-order valence-electron chi connectivity index (χ2n) is 11.3. The van der Waals surface area contributed by atoms with Gasteiger partial charge in [-0.3, -0.25) is 4.90 Å². The number of hydrogen-bond donors (Lipinski definition) is 2. The van der Waals surface area contributed by atoms with Gasteiger partial charge in [0.15, 0.2) is 0 Å². The molecule has 1 aromatic heterocycles. The fourth-order valence-corrected chi connectivity index (χ4v) is 6.58. The van der Waals surface area contributed by atoms with Gasteiger partial charge in [-0.1, -0.05) is 12.8 Å². The van der Waals surface area contributed by atoms with Crippen molar-refractivity contribution in [3.63, 3.8) is 0 Å². The Bertz CT molecular complexity index is 1200. The maximum absolute atomic E-state index is 10.6. The highest BCUT2D eigenvalue weighted by atomic mass is 16.5. The molecule has 2 aliphatic heterocycles. The first-order valence-electron chi connectivity index (χ1n) is 14.6. The zero-order valence-corrected chi connectivity index (χ0v) is 22.4. The summed E-state index contributed by atoms with van der Waals surface area (Å²) in [5.41, 5.74) is 4.13. The van der Waals surface area contributed by atoms with E-state index in [1.807, 2.05) is 12.3 Å². The number of fused-ring (bicyclic) bond motifs is 1. The summed E-state index contributed by atoms with van der Waals surface area (Å²) in [4.78, 5) is 14.5. The van der Waals surface area contributed by atoms with Gasteiger partial charge in [0.1, 0.15) is 5.75 Å². The van der Waals surface area contributed by atoms with Gasteiger partial charge < -0.3 is 20.1 Å². The summed E-state index contributed by atoms with van der Waals surface area (Å²) in [6.45, 7) is 7.49. The van der Waals surface area contributed by atoms with E-state index in [1.54, 1.807) is 6.07 Å². The lowest BCUT2D eigenvalue weighted by Crippen LogP contribution is -2.37. The minimum atomic E-state index is 0.360. The Morgan fingerprint density at radius 3 is 2.45 bits per heavy atom. The summed E-state index contributed by atoms with van der Waals surface area (Å²) < 4.78 is 5.46. The number of nitrogens with zero attached hydrogens (tertiary/aromatic N) is 4. The molecule has 2 N–H and O–H groups in total. The highest BCUT2D eigenvalue weighted by Crippen LogP contribution is 2.41. The van der Waals surface area contributed by atoms with E-state index in [0.717, 1.165) is 80.3 Å². The maximum Gasteiger partial charge on any atom is 0.227 e. The molecule has 0 bridgehead atoms. The van der Waals surface area contributed by atoms with Crippen molar-refractivity contribution in [2.24, 2.45) is 5.92 Å². The van der Waals surface area contributed by atoms with Crippen LogP contribution in [-0.4, -0.2) is 65.9 Å². The van der Waals surface area contributed by atoms with Crippen LogP contribution in [0.15, 0.2) is 42.6 Å². The van der Waals surface area contributed by atoms with Crippen molar-refractivity contribution in [3.8, 4) is 5.75 Å². The summed E-state index contributed by atoms with van der Waals surface area (Å²) in [7, 11) is 0. The van der Waals surface area contributed by atoms with E-state index < -0.39 is 0 Å². The van der Waals surface area contributed by atoms with Crippen LogP contribution < -0.4 is 10.2 Å². The second-order valence-corrected chi connectivity index (χ2v) is 11.3. The van der Waals surface area contributed by atoms with E-state index in [-0.39, 0.29) is 0 Å². The lowest BCUT2D eigenvalue weighted by Gasteiger charge is -2.34. The molecule has 3 aliphatic rings. The number of rotatable bonds is 8. The average Bonchev–Trinajstić information content (AvgIpc) is 3.49. The zero-order valence-electron chi connectivity index (χ0n) is 22.4. The maximum atomic E-state index is 10.6. The molecule has 3 aromatic rings. The molecule has 0 spiro atoms. The van der Waals surface area contributed by atoms with E-state index in [4.69, 9.17) is 9.72 Å². The number of morpholine rings is 1. The second kappa shape index (κ2) is 11.9. The molecule has 2 aromatic carbocycles. The Labute approximate surface area is 226 Å². The van der Waals surface area contributed by atoms with Crippen molar-refractivity contribution in [1.82, 2.24) is 14.9 Å². The summed E-state index contributed by atoms with van der Waals surface area (Å²) in [5, 5.41) is 15.0. The topological polar surface area (TPSA) is 73.8 Å². The van der Waals surface area contributed by atoms with Gasteiger partial charge in [0.25, 0.3) is 0 Å². The summed E-state index contributed by atoms with van der Waals surface area (Å²) in [6, 6.07) is 12.4. The molecule has 3 fully saturated rings. The first-order valence-corrected chi connectivity index (χ1v) is 14.6. The predicted octanol–water partition coefficient (Wildman–Crippen LogP) is 6.07. The van der Waals surface area contributed by atoms with Crippen molar-refractivity contribution in [3.05, 3.63) is 48.2 Å². The van der Waals surface area contributed by atoms with Gasteiger partial charge in [-0.2, -0.15) is 0 Å². The van der Waals surface area contributed by atoms with Crippen LogP contribution in [0, 0.1) is 5.92 Å². The molecule has 0 amide bonds. The molecule has 6 rings (SSSR count). The molecule has 7 nitrogen and oxygen atoms in total. The molecular formula is C31H41N5O2. The molecule has 0 radical (unpaired) electrons. The van der Waals surface area contributed by atoms with Gasteiger partial charge in [0.2, 0.25) is 5.95 Å².